The van der Waals surface area contributed by atoms with Gasteiger partial charge in [0.2, 0.25) is 0 Å². The molecule has 1 N–H and O–H groups in total. The number of piperidine rings is 1. The molecule has 5 nitrogen and oxygen atoms in total. The minimum atomic E-state index is -4.66. The molecule has 8 heteroatoms. The van der Waals surface area contributed by atoms with Crippen LogP contribution in [0.3, 0.4) is 0 Å². The zero-order valence-electron chi connectivity index (χ0n) is 8.47. The minimum absolute atomic E-state index is 0.0232. The van der Waals surface area contributed by atoms with Crippen molar-refractivity contribution in [2.45, 2.75) is 37.5 Å². The van der Waals surface area contributed by atoms with E-state index in [1.54, 1.807) is 0 Å². The molecule has 1 aliphatic rings. The van der Waals surface area contributed by atoms with E-state index in [1.807, 2.05) is 0 Å². The Kier molecular flexibility index (Phi) is 4.20. The van der Waals surface area contributed by atoms with E-state index in [4.69, 9.17) is 5.11 Å². The second kappa shape index (κ2) is 5.05. The molecule has 0 amide bonds. The normalized spacial score (nSPS) is 23.6. The van der Waals surface area contributed by atoms with E-state index in [0.717, 1.165) is 0 Å². The van der Waals surface area contributed by atoms with Crippen LogP contribution in [0.1, 0.15) is 25.7 Å². The average molecular weight is 257 g/mol. The number of nitrogens with zero attached hydrogens (tertiary/aromatic N) is 1. The minimum Gasteiger partial charge on any atom is -0.481 e. The number of alkyl halides is 2. The number of rotatable bonds is 4. The Bertz CT molecular complexity index is 357. The Hall–Kier alpha value is -0.760. The van der Waals surface area contributed by atoms with Gasteiger partial charge in [0.05, 0.1) is 6.42 Å². The van der Waals surface area contributed by atoms with Gasteiger partial charge in [-0.05, 0) is 12.8 Å². The summed E-state index contributed by atoms with van der Waals surface area (Å²) in [6.07, 6.45) is 1.04. The van der Waals surface area contributed by atoms with Crippen molar-refractivity contribution in [2.24, 2.45) is 0 Å². The van der Waals surface area contributed by atoms with Gasteiger partial charge in [0.15, 0.2) is 0 Å². The fraction of sp³-hybridized carbons (Fsp3) is 0.875. The molecule has 1 heterocycles. The largest absolute Gasteiger partial charge is 0.481 e. The lowest BCUT2D eigenvalue weighted by Gasteiger charge is -2.33. The number of hydrogen-bond donors (Lipinski definition) is 1. The van der Waals surface area contributed by atoms with Crippen molar-refractivity contribution in [3.8, 4) is 0 Å². The number of aliphatic carboxylic acids is 1. The molecule has 1 unspecified atom stereocenters. The number of hydrogen-bond acceptors (Lipinski definition) is 3. The molecule has 0 spiro atoms. The van der Waals surface area contributed by atoms with E-state index in [0.29, 0.717) is 23.6 Å². The van der Waals surface area contributed by atoms with E-state index in [9.17, 15) is 22.0 Å². The molecule has 0 bridgehead atoms. The van der Waals surface area contributed by atoms with Gasteiger partial charge in [-0.3, -0.25) is 4.79 Å². The van der Waals surface area contributed by atoms with Crippen LogP contribution in [0.25, 0.3) is 0 Å². The predicted octanol–water partition coefficient (Wildman–Crippen LogP) is 0.868. The summed E-state index contributed by atoms with van der Waals surface area (Å²) < 4.78 is 47.8. The van der Waals surface area contributed by atoms with Gasteiger partial charge in [0, 0.05) is 12.6 Å². The molecular formula is C8H13F2NO4S. The molecule has 0 aliphatic carbocycles. The fourth-order valence-corrected chi connectivity index (χ4v) is 3.00. The Labute approximate surface area is 92.1 Å². The van der Waals surface area contributed by atoms with Crippen LogP contribution in [-0.4, -0.2) is 42.1 Å². The standard InChI is InChI=1S/C8H13F2NO4S/c9-8(10)16(14,15)11-4-2-1-3-6(11)5-7(12)13/h6,8H,1-5H2,(H,12,13). The number of sulfonamides is 1. The highest BCUT2D eigenvalue weighted by Gasteiger charge is 2.38. The number of carboxylic acid groups (broad SMARTS) is 1. The SMILES string of the molecule is O=C(O)CC1CCCCN1S(=O)(=O)C(F)F. The van der Waals surface area contributed by atoms with Crippen LogP contribution in [0.4, 0.5) is 8.78 Å². The highest BCUT2D eigenvalue weighted by Crippen LogP contribution is 2.25. The lowest BCUT2D eigenvalue weighted by Crippen LogP contribution is -2.46. The lowest BCUT2D eigenvalue weighted by atomic mass is 10.0. The summed E-state index contributed by atoms with van der Waals surface area (Å²) in [5.41, 5.74) is 0. The van der Waals surface area contributed by atoms with E-state index in [-0.39, 0.29) is 6.54 Å². The summed E-state index contributed by atoms with van der Waals surface area (Å²) in [6, 6.07) is -0.842. The third-order valence-corrected chi connectivity index (χ3v) is 4.12. The van der Waals surface area contributed by atoms with Crippen LogP contribution in [0.15, 0.2) is 0 Å². The van der Waals surface area contributed by atoms with Crippen molar-refractivity contribution < 1.29 is 27.1 Å². The van der Waals surface area contributed by atoms with Crippen LogP contribution in [0.5, 0.6) is 0 Å². The molecule has 16 heavy (non-hydrogen) atoms. The van der Waals surface area contributed by atoms with Gasteiger partial charge in [0.1, 0.15) is 0 Å². The number of carboxylic acids is 1. The highest BCUT2D eigenvalue weighted by molar-refractivity contribution is 7.89. The summed E-state index contributed by atoms with van der Waals surface area (Å²) in [5, 5.41) is 8.58. The maximum atomic E-state index is 12.3. The first kappa shape index (κ1) is 13.3. The molecule has 0 aromatic rings. The molecule has 0 radical (unpaired) electrons. The van der Waals surface area contributed by atoms with Crippen LogP contribution < -0.4 is 0 Å². The average Bonchev–Trinajstić information content (AvgIpc) is 2.17. The fourth-order valence-electron chi connectivity index (χ4n) is 1.82. The number of carbonyl (C=O) groups is 1. The van der Waals surface area contributed by atoms with Crippen molar-refractivity contribution >= 4 is 16.0 Å². The van der Waals surface area contributed by atoms with Crippen LogP contribution in [-0.2, 0) is 14.8 Å². The second-order valence-corrected chi connectivity index (χ2v) is 5.52. The van der Waals surface area contributed by atoms with Crippen molar-refractivity contribution in [3.63, 3.8) is 0 Å². The summed E-state index contributed by atoms with van der Waals surface area (Å²) >= 11 is 0. The number of halogens is 2. The van der Waals surface area contributed by atoms with Crippen LogP contribution in [0.2, 0.25) is 0 Å². The van der Waals surface area contributed by atoms with Crippen LogP contribution in [0, 0.1) is 0 Å². The van der Waals surface area contributed by atoms with Gasteiger partial charge >= 0.3 is 11.7 Å². The van der Waals surface area contributed by atoms with Gasteiger partial charge in [-0.25, -0.2) is 8.42 Å². The van der Waals surface area contributed by atoms with Crippen LogP contribution >= 0.6 is 0 Å². The van der Waals surface area contributed by atoms with Gasteiger partial charge in [0.25, 0.3) is 10.0 Å². The van der Waals surface area contributed by atoms with E-state index in [1.165, 1.54) is 0 Å². The van der Waals surface area contributed by atoms with Gasteiger partial charge in [-0.2, -0.15) is 13.1 Å². The molecule has 0 saturated carbocycles. The smallest absolute Gasteiger partial charge is 0.350 e. The van der Waals surface area contributed by atoms with Crippen molar-refractivity contribution in [1.29, 1.82) is 0 Å². The third kappa shape index (κ3) is 2.88. The van der Waals surface area contributed by atoms with Gasteiger partial charge in [-0.15, -0.1) is 0 Å². The highest BCUT2D eigenvalue weighted by atomic mass is 32.2. The molecule has 1 saturated heterocycles. The molecular weight excluding hydrogens is 244 g/mol. The first-order chi connectivity index (χ1) is 7.35. The molecule has 1 rings (SSSR count). The van der Waals surface area contributed by atoms with E-state index < -0.39 is 34.2 Å². The quantitative estimate of drug-likeness (QED) is 0.810. The zero-order valence-corrected chi connectivity index (χ0v) is 9.29. The van der Waals surface area contributed by atoms with E-state index >= 15 is 0 Å². The Morgan fingerprint density at radius 1 is 1.44 bits per heavy atom. The van der Waals surface area contributed by atoms with E-state index in [2.05, 4.69) is 0 Å². The maximum Gasteiger partial charge on any atom is 0.350 e. The third-order valence-electron chi connectivity index (χ3n) is 2.54. The maximum absolute atomic E-state index is 12.3. The summed E-state index contributed by atoms with van der Waals surface area (Å²) in [5.74, 6) is -4.66. The zero-order chi connectivity index (χ0) is 12.3. The topological polar surface area (TPSA) is 74.7 Å². The first-order valence-electron chi connectivity index (χ1n) is 4.86. The summed E-state index contributed by atoms with van der Waals surface area (Å²) in [4.78, 5) is 10.5. The Morgan fingerprint density at radius 2 is 2.06 bits per heavy atom. The molecule has 94 valence electrons. The first-order valence-corrected chi connectivity index (χ1v) is 6.36. The second-order valence-electron chi connectivity index (χ2n) is 3.66. The van der Waals surface area contributed by atoms with Crippen molar-refractivity contribution in [2.75, 3.05) is 6.54 Å². The molecule has 1 atom stereocenters. The molecule has 0 aromatic heterocycles. The molecule has 0 aromatic carbocycles. The molecule has 1 fully saturated rings. The molecule has 1 aliphatic heterocycles. The van der Waals surface area contributed by atoms with Gasteiger partial charge in [-0.1, -0.05) is 6.42 Å². The van der Waals surface area contributed by atoms with Crippen molar-refractivity contribution in [1.82, 2.24) is 4.31 Å². The lowest BCUT2D eigenvalue weighted by molar-refractivity contribution is -0.138. The van der Waals surface area contributed by atoms with Crippen molar-refractivity contribution in [3.05, 3.63) is 0 Å². The Balaban J connectivity index is 2.86. The monoisotopic (exact) mass is 257 g/mol. The predicted molar refractivity (Wildman–Crippen MR) is 51.5 cm³/mol. The summed E-state index contributed by atoms with van der Waals surface area (Å²) in [6.45, 7) is -0.0232. The summed E-state index contributed by atoms with van der Waals surface area (Å²) in [7, 11) is -4.66. The Morgan fingerprint density at radius 3 is 2.56 bits per heavy atom. The van der Waals surface area contributed by atoms with Gasteiger partial charge < -0.3 is 5.11 Å².